The van der Waals surface area contributed by atoms with Crippen LogP contribution in [0.2, 0.25) is 0 Å². The number of carbonyl (C=O) groups is 2. The zero-order valence-corrected chi connectivity index (χ0v) is 13.4. The standard InChI is InChI=1S/C16H17F3N2O4/c1-20(7-11(8-22)25-9-23)13-6-12(17)16(15(19)14(13)18)21-4-2-10(24)3-5-21/h2,4,6,9,11,22H,3,5,7-8H2,1H3. The number of allylic oxidation sites excluding steroid dienone is 1. The summed E-state index contributed by atoms with van der Waals surface area (Å²) in [6, 6.07) is 0.813. The zero-order valence-electron chi connectivity index (χ0n) is 13.4. The van der Waals surface area contributed by atoms with E-state index in [9.17, 15) is 22.8 Å². The summed E-state index contributed by atoms with van der Waals surface area (Å²) in [7, 11) is 1.34. The summed E-state index contributed by atoms with van der Waals surface area (Å²) >= 11 is 0. The van der Waals surface area contributed by atoms with E-state index >= 15 is 0 Å². The van der Waals surface area contributed by atoms with E-state index in [1.807, 2.05) is 0 Å². The Morgan fingerprint density at radius 1 is 1.40 bits per heavy atom. The fourth-order valence-electron chi connectivity index (χ4n) is 2.49. The lowest BCUT2D eigenvalue weighted by Gasteiger charge is -2.27. The monoisotopic (exact) mass is 358 g/mol. The third kappa shape index (κ3) is 4.11. The molecule has 0 spiro atoms. The highest BCUT2D eigenvalue weighted by atomic mass is 19.2. The topological polar surface area (TPSA) is 70.1 Å². The van der Waals surface area contributed by atoms with Crippen LogP contribution in [0, 0.1) is 17.5 Å². The summed E-state index contributed by atoms with van der Waals surface area (Å²) in [6.07, 6.45) is 1.47. The van der Waals surface area contributed by atoms with Crippen LogP contribution in [0.25, 0.3) is 0 Å². The fourth-order valence-corrected chi connectivity index (χ4v) is 2.49. The van der Waals surface area contributed by atoms with Gasteiger partial charge in [0, 0.05) is 32.3 Å². The maximum Gasteiger partial charge on any atom is 0.293 e. The van der Waals surface area contributed by atoms with Gasteiger partial charge in [0.2, 0.25) is 0 Å². The van der Waals surface area contributed by atoms with Gasteiger partial charge >= 0.3 is 0 Å². The molecule has 0 radical (unpaired) electrons. The van der Waals surface area contributed by atoms with Gasteiger partial charge in [-0.05, 0) is 6.08 Å². The number of ether oxygens (including phenoxy) is 1. The number of hydrogen-bond acceptors (Lipinski definition) is 6. The van der Waals surface area contributed by atoms with Crippen LogP contribution in [0.5, 0.6) is 0 Å². The van der Waals surface area contributed by atoms with Crippen LogP contribution in [0.15, 0.2) is 18.3 Å². The molecule has 1 aliphatic heterocycles. The Kier molecular flexibility index (Phi) is 6.02. The molecule has 9 heteroatoms. The van der Waals surface area contributed by atoms with Gasteiger partial charge in [0.25, 0.3) is 6.47 Å². The Morgan fingerprint density at radius 2 is 2.12 bits per heavy atom. The molecule has 136 valence electrons. The molecule has 0 aromatic heterocycles. The lowest BCUT2D eigenvalue weighted by atomic mass is 10.1. The number of halogens is 3. The van der Waals surface area contributed by atoms with Gasteiger partial charge in [-0.15, -0.1) is 0 Å². The van der Waals surface area contributed by atoms with Gasteiger partial charge in [-0.1, -0.05) is 0 Å². The summed E-state index contributed by atoms with van der Waals surface area (Å²) in [5.74, 6) is -3.86. The molecule has 1 aliphatic rings. The molecule has 1 aromatic rings. The SMILES string of the molecule is CN(CC(CO)OC=O)c1cc(F)c(N2C=CC(=O)CC2)c(F)c1F. The second-order valence-electron chi connectivity index (χ2n) is 5.50. The molecule has 0 fully saturated rings. The molecular formula is C16H17F3N2O4. The van der Waals surface area contributed by atoms with Gasteiger partial charge in [0.05, 0.1) is 18.8 Å². The van der Waals surface area contributed by atoms with Gasteiger partial charge < -0.3 is 19.6 Å². The largest absolute Gasteiger partial charge is 0.460 e. The van der Waals surface area contributed by atoms with E-state index < -0.39 is 35.8 Å². The molecule has 25 heavy (non-hydrogen) atoms. The Morgan fingerprint density at radius 3 is 2.68 bits per heavy atom. The van der Waals surface area contributed by atoms with Crippen LogP contribution in [0.4, 0.5) is 24.5 Å². The first-order valence-corrected chi connectivity index (χ1v) is 7.45. The van der Waals surface area contributed by atoms with Crippen LogP contribution in [0.1, 0.15) is 6.42 Å². The molecule has 0 bridgehead atoms. The van der Waals surface area contributed by atoms with Gasteiger partial charge in [0.15, 0.2) is 23.2 Å². The van der Waals surface area contributed by atoms with Crippen molar-refractivity contribution in [2.45, 2.75) is 12.5 Å². The number of rotatable bonds is 7. The first-order chi connectivity index (χ1) is 11.9. The predicted molar refractivity (Wildman–Crippen MR) is 83.7 cm³/mol. The molecule has 1 atom stereocenters. The number of likely N-dealkylation sites (N-methyl/N-ethyl adjacent to an activating group) is 1. The van der Waals surface area contributed by atoms with Crippen molar-refractivity contribution in [3.05, 3.63) is 35.8 Å². The van der Waals surface area contributed by atoms with Crippen molar-refractivity contribution in [3.8, 4) is 0 Å². The molecule has 6 nitrogen and oxygen atoms in total. The summed E-state index contributed by atoms with van der Waals surface area (Å²) in [5, 5.41) is 9.07. The van der Waals surface area contributed by atoms with E-state index in [-0.39, 0.29) is 37.5 Å². The van der Waals surface area contributed by atoms with Crippen LogP contribution in [0.3, 0.4) is 0 Å². The lowest BCUT2D eigenvalue weighted by Crippen LogP contribution is -2.34. The first-order valence-electron chi connectivity index (χ1n) is 7.45. The molecule has 1 heterocycles. The van der Waals surface area contributed by atoms with Crippen molar-refractivity contribution in [2.75, 3.05) is 36.5 Å². The van der Waals surface area contributed by atoms with Crippen molar-refractivity contribution in [1.82, 2.24) is 0 Å². The molecule has 0 saturated heterocycles. The number of aliphatic hydroxyl groups is 1. The minimum Gasteiger partial charge on any atom is -0.460 e. The number of carbonyl (C=O) groups excluding carboxylic acids is 2. The Balaban J connectivity index is 2.32. The Labute approximate surface area is 142 Å². The number of nitrogens with zero attached hydrogens (tertiary/aromatic N) is 2. The van der Waals surface area contributed by atoms with E-state index in [0.29, 0.717) is 0 Å². The summed E-state index contributed by atoms with van der Waals surface area (Å²) in [5.41, 5.74) is -0.968. The minimum atomic E-state index is -1.39. The van der Waals surface area contributed by atoms with E-state index in [4.69, 9.17) is 5.11 Å². The highest BCUT2D eigenvalue weighted by molar-refractivity contribution is 5.91. The average molecular weight is 358 g/mol. The van der Waals surface area contributed by atoms with Crippen molar-refractivity contribution in [1.29, 1.82) is 0 Å². The first kappa shape index (κ1) is 18.8. The summed E-state index contributed by atoms with van der Waals surface area (Å²) in [6.45, 7) is -0.528. The number of benzene rings is 1. The number of hydrogen-bond donors (Lipinski definition) is 1. The predicted octanol–water partition coefficient (Wildman–Crippen LogP) is 1.37. The van der Waals surface area contributed by atoms with Crippen molar-refractivity contribution in [3.63, 3.8) is 0 Å². The number of aliphatic hydroxyl groups excluding tert-OH is 1. The van der Waals surface area contributed by atoms with Crippen molar-refractivity contribution in [2.24, 2.45) is 0 Å². The number of anilines is 2. The van der Waals surface area contributed by atoms with Gasteiger partial charge in [-0.25, -0.2) is 13.2 Å². The fraction of sp³-hybridized carbons (Fsp3) is 0.375. The van der Waals surface area contributed by atoms with Gasteiger partial charge in [-0.2, -0.15) is 0 Å². The minimum absolute atomic E-state index is 0.0392. The molecule has 1 N–H and O–H groups in total. The molecule has 0 aliphatic carbocycles. The summed E-state index contributed by atoms with van der Waals surface area (Å²) in [4.78, 5) is 23.8. The third-order valence-corrected chi connectivity index (χ3v) is 3.78. The van der Waals surface area contributed by atoms with Crippen LogP contribution in [-0.2, 0) is 14.3 Å². The smallest absolute Gasteiger partial charge is 0.293 e. The van der Waals surface area contributed by atoms with Crippen LogP contribution >= 0.6 is 0 Å². The van der Waals surface area contributed by atoms with Crippen molar-refractivity contribution >= 4 is 23.6 Å². The average Bonchev–Trinajstić information content (AvgIpc) is 2.59. The van der Waals surface area contributed by atoms with E-state index in [1.54, 1.807) is 0 Å². The van der Waals surface area contributed by atoms with Crippen LogP contribution in [-0.4, -0.2) is 50.2 Å². The zero-order chi connectivity index (χ0) is 18.6. The highest BCUT2D eigenvalue weighted by Crippen LogP contribution is 2.33. The molecule has 0 amide bonds. The van der Waals surface area contributed by atoms with Crippen molar-refractivity contribution < 1.29 is 32.6 Å². The number of ketones is 1. The van der Waals surface area contributed by atoms with Crippen LogP contribution < -0.4 is 9.80 Å². The van der Waals surface area contributed by atoms with E-state index in [1.165, 1.54) is 19.3 Å². The second kappa shape index (κ2) is 8.02. The molecular weight excluding hydrogens is 341 g/mol. The molecule has 1 unspecified atom stereocenters. The summed E-state index contributed by atoms with van der Waals surface area (Å²) < 4.78 is 47.7. The Hall–Kier alpha value is -2.55. The maximum atomic E-state index is 14.4. The molecule has 1 aromatic carbocycles. The highest BCUT2D eigenvalue weighted by Gasteiger charge is 2.26. The molecule has 0 saturated carbocycles. The molecule has 2 rings (SSSR count). The van der Waals surface area contributed by atoms with E-state index in [0.717, 1.165) is 15.9 Å². The van der Waals surface area contributed by atoms with Gasteiger partial charge in [0.1, 0.15) is 11.8 Å². The second-order valence-corrected chi connectivity index (χ2v) is 5.50. The maximum absolute atomic E-state index is 14.4. The quantitative estimate of drug-likeness (QED) is 0.586. The van der Waals surface area contributed by atoms with E-state index in [2.05, 4.69) is 4.74 Å². The Bertz CT molecular complexity index is 696. The lowest BCUT2D eigenvalue weighted by molar-refractivity contribution is -0.134. The normalized spacial score (nSPS) is 15.2. The third-order valence-electron chi connectivity index (χ3n) is 3.78. The van der Waals surface area contributed by atoms with Gasteiger partial charge in [-0.3, -0.25) is 9.59 Å².